The predicted octanol–water partition coefficient (Wildman–Crippen LogP) is 3.88. The molecule has 2 amide bonds. The Morgan fingerprint density at radius 1 is 1.19 bits per heavy atom. The Morgan fingerprint density at radius 2 is 1.81 bits per heavy atom. The van der Waals surface area contributed by atoms with Crippen LogP contribution in [0.4, 0.5) is 10.7 Å². The standard InChI is InChI=1S/C18H21N3O4S/c1-11-9-14(20-17(23)18(2,3)4)26-15(11)16(22)19-10-12-5-7-13(8-6-12)21(24)25/h5-9H,10H2,1-4H3,(H,19,22)(H,20,23). The molecule has 0 fully saturated rings. The summed E-state index contributed by atoms with van der Waals surface area (Å²) in [5, 5.41) is 16.9. The van der Waals surface area contributed by atoms with Crippen molar-refractivity contribution in [1.29, 1.82) is 0 Å². The monoisotopic (exact) mass is 375 g/mol. The van der Waals surface area contributed by atoms with Gasteiger partial charge in [-0.3, -0.25) is 19.7 Å². The van der Waals surface area contributed by atoms with Gasteiger partial charge in [0.2, 0.25) is 5.91 Å². The molecule has 1 heterocycles. The number of benzene rings is 1. The van der Waals surface area contributed by atoms with Gasteiger partial charge in [-0.25, -0.2) is 0 Å². The number of nitrogens with zero attached hydrogens (tertiary/aromatic N) is 1. The summed E-state index contributed by atoms with van der Waals surface area (Å²) in [6.45, 7) is 7.53. The van der Waals surface area contributed by atoms with Crippen molar-refractivity contribution in [3.63, 3.8) is 0 Å². The van der Waals surface area contributed by atoms with Gasteiger partial charge in [-0.2, -0.15) is 0 Å². The minimum absolute atomic E-state index is 0.00779. The number of nitrogens with one attached hydrogen (secondary N) is 2. The second-order valence-electron chi connectivity index (χ2n) is 6.93. The fourth-order valence-corrected chi connectivity index (χ4v) is 3.05. The zero-order valence-electron chi connectivity index (χ0n) is 15.1. The fraction of sp³-hybridized carbons (Fsp3) is 0.333. The van der Waals surface area contributed by atoms with E-state index in [1.807, 2.05) is 27.7 Å². The Balaban J connectivity index is 2.01. The molecule has 1 aromatic heterocycles. The number of nitro benzene ring substituents is 1. The van der Waals surface area contributed by atoms with Gasteiger partial charge in [0.15, 0.2) is 0 Å². The molecule has 8 heteroatoms. The van der Waals surface area contributed by atoms with E-state index in [2.05, 4.69) is 10.6 Å². The van der Waals surface area contributed by atoms with E-state index in [-0.39, 0.29) is 24.0 Å². The molecular formula is C18H21N3O4S. The summed E-state index contributed by atoms with van der Waals surface area (Å²) >= 11 is 1.22. The van der Waals surface area contributed by atoms with Gasteiger partial charge < -0.3 is 10.6 Å². The average molecular weight is 375 g/mol. The van der Waals surface area contributed by atoms with Crippen LogP contribution in [0.2, 0.25) is 0 Å². The van der Waals surface area contributed by atoms with E-state index in [1.54, 1.807) is 18.2 Å². The first-order valence-corrected chi connectivity index (χ1v) is 8.83. The van der Waals surface area contributed by atoms with E-state index >= 15 is 0 Å². The van der Waals surface area contributed by atoms with Gasteiger partial charge in [-0.15, -0.1) is 11.3 Å². The number of anilines is 1. The van der Waals surface area contributed by atoms with Crippen molar-refractivity contribution in [2.75, 3.05) is 5.32 Å². The maximum Gasteiger partial charge on any atom is 0.269 e. The molecule has 0 bridgehead atoms. The highest BCUT2D eigenvalue weighted by Gasteiger charge is 2.23. The first kappa shape index (κ1) is 19.6. The highest BCUT2D eigenvalue weighted by molar-refractivity contribution is 7.18. The summed E-state index contributed by atoms with van der Waals surface area (Å²) in [4.78, 5) is 35.2. The topological polar surface area (TPSA) is 101 Å². The Labute approximate surface area is 155 Å². The van der Waals surface area contributed by atoms with Gasteiger partial charge in [-0.05, 0) is 24.1 Å². The number of nitro groups is 1. The lowest BCUT2D eigenvalue weighted by Crippen LogP contribution is -2.27. The number of hydrogen-bond acceptors (Lipinski definition) is 5. The van der Waals surface area contributed by atoms with Crippen LogP contribution in [0.5, 0.6) is 0 Å². The lowest BCUT2D eigenvalue weighted by Gasteiger charge is -2.16. The van der Waals surface area contributed by atoms with Gasteiger partial charge in [0.05, 0.1) is 14.8 Å². The molecule has 2 N–H and O–H groups in total. The Morgan fingerprint density at radius 3 is 2.35 bits per heavy atom. The third kappa shape index (κ3) is 4.89. The van der Waals surface area contributed by atoms with E-state index in [1.165, 1.54) is 23.5 Å². The van der Waals surface area contributed by atoms with Crippen molar-refractivity contribution in [1.82, 2.24) is 5.32 Å². The molecular weight excluding hydrogens is 354 g/mol. The maximum atomic E-state index is 12.4. The van der Waals surface area contributed by atoms with E-state index in [4.69, 9.17) is 0 Å². The molecule has 0 aliphatic rings. The SMILES string of the molecule is Cc1cc(NC(=O)C(C)(C)C)sc1C(=O)NCc1ccc([N+](=O)[O-])cc1. The molecule has 26 heavy (non-hydrogen) atoms. The molecule has 138 valence electrons. The molecule has 0 aliphatic carbocycles. The van der Waals surface area contributed by atoms with Crippen LogP contribution in [0.25, 0.3) is 0 Å². The van der Waals surface area contributed by atoms with Gasteiger partial charge in [0, 0.05) is 24.1 Å². The first-order chi connectivity index (χ1) is 12.1. The van der Waals surface area contributed by atoms with E-state index in [0.29, 0.717) is 9.88 Å². The van der Waals surface area contributed by atoms with Crippen molar-refractivity contribution in [2.24, 2.45) is 5.41 Å². The third-order valence-electron chi connectivity index (χ3n) is 3.64. The zero-order chi connectivity index (χ0) is 19.5. The molecule has 0 spiro atoms. The molecule has 2 aromatic rings. The Hall–Kier alpha value is -2.74. The van der Waals surface area contributed by atoms with Crippen molar-refractivity contribution in [3.05, 3.63) is 56.5 Å². The van der Waals surface area contributed by atoms with E-state index in [9.17, 15) is 19.7 Å². The largest absolute Gasteiger partial charge is 0.347 e. The van der Waals surface area contributed by atoms with Crippen molar-refractivity contribution >= 4 is 33.8 Å². The minimum atomic E-state index is -0.518. The summed E-state index contributed by atoms with van der Waals surface area (Å²) in [5.41, 5.74) is 1.03. The van der Waals surface area contributed by atoms with Crippen LogP contribution >= 0.6 is 11.3 Å². The van der Waals surface area contributed by atoms with Crippen LogP contribution in [-0.2, 0) is 11.3 Å². The normalized spacial score (nSPS) is 11.1. The molecule has 0 aliphatic heterocycles. The molecule has 0 radical (unpaired) electrons. The summed E-state index contributed by atoms with van der Waals surface area (Å²) in [7, 11) is 0. The van der Waals surface area contributed by atoms with E-state index < -0.39 is 10.3 Å². The number of aryl methyl sites for hydroxylation is 1. The van der Waals surface area contributed by atoms with Gasteiger partial charge >= 0.3 is 0 Å². The molecule has 0 saturated carbocycles. The molecule has 0 unspecified atom stereocenters. The van der Waals surface area contributed by atoms with Crippen molar-refractivity contribution < 1.29 is 14.5 Å². The van der Waals surface area contributed by atoms with Crippen molar-refractivity contribution in [3.8, 4) is 0 Å². The summed E-state index contributed by atoms with van der Waals surface area (Å²) in [6, 6.07) is 7.79. The lowest BCUT2D eigenvalue weighted by atomic mass is 9.96. The number of carbonyl (C=O) groups excluding carboxylic acids is 2. The van der Waals surface area contributed by atoms with Gasteiger partial charge in [0.25, 0.3) is 11.6 Å². The predicted molar refractivity (Wildman–Crippen MR) is 101 cm³/mol. The molecule has 0 saturated heterocycles. The Bertz CT molecular complexity index is 835. The molecule has 2 rings (SSSR count). The maximum absolute atomic E-state index is 12.4. The number of thiophene rings is 1. The number of amides is 2. The highest BCUT2D eigenvalue weighted by Crippen LogP contribution is 2.28. The van der Waals surface area contributed by atoms with Crippen LogP contribution in [-0.4, -0.2) is 16.7 Å². The summed E-state index contributed by atoms with van der Waals surface area (Å²) in [5.74, 6) is -0.362. The smallest absolute Gasteiger partial charge is 0.269 e. The number of hydrogen-bond donors (Lipinski definition) is 2. The number of rotatable bonds is 5. The Kier molecular flexibility index (Phi) is 5.76. The molecule has 1 aromatic carbocycles. The fourth-order valence-electron chi connectivity index (χ4n) is 2.07. The van der Waals surface area contributed by atoms with E-state index in [0.717, 1.165) is 11.1 Å². The molecule has 7 nitrogen and oxygen atoms in total. The second kappa shape index (κ2) is 7.65. The minimum Gasteiger partial charge on any atom is -0.347 e. The first-order valence-electron chi connectivity index (χ1n) is 8.01. The van der Waals surface area contributed by atoms with Crippen LogP contribution in [0.3, 0.4) is 0 Å². The zero-order valence-corrected chi connectivity index (χ0v) is 15.9. The van der Waals surface area contributed by atoms with Crippen LogP contribution < -0.4 is 10.6 Å². The summed E-state index contributed by atoms with van der Waals surface area (Å²) in [6.07, 6.45) is 0. The number of carbonyl (C=O) groups is 2. The van der Waals surface area contributed by atoms with Crippen LogP contribution in [0.15, 0.2) is 30.3 Å². The summed E-state index contributed by atoms with van der Waals surface area (Å²) < 4.78 is 0. The van der Waals surface area contributed by atoms with Crippen LogP contribution in [0, 0.1) is 22.5 Å². The third-order valence-corrected chi connectivity index (χ3v) is 4.79. The quantitative estimate of drug-likeness (QED) is 0.611. The highest BCUT2D eigenvalue weighted by atomic mass is 32.1. The average Bonchev–Trinajstić information content (AvgIpc) is 2.92. The van der Waals surface area contributed by atoms with Gasteiger partial charge in [0.1, 0.15) is 0 Å². The molecule has 0 atom stereocenters. The number of non-ortho nitro benzene ring substituents is 1. The second-order valence-corrected chi connectivity index (χ2v) is 7.99. The van der Waals surface area contributed by atoms with Crippen molar-refractivity contribution in [2.45, 2.75) is 34.2 Å². The van der Waals surface area contributed by atoms with Gasteiger partial charge in [-0.1, -0.05) is 32.9 Å². The van der Waals surface area contributed by atoms with Crippen LogP contribution in [0.1, 0.15) is 41.6 Å². The lowest BCUT2D eigenvalue weighted by molar-refractivity contribution is -0.384.